The quantitative estimate of drug-likeness (QED) is 0.757. The van der Waals surface area contributed by atoms with Crippen molar-refractivity contribution in [3.8, 4) is 6.07 Å². The number of nitrogens with zero attached hydrogens (tertiary/aromatic N) is 3. The third-order valence-electron chi connectivity index (χ3n) is 2.18. The smallest absolute Gasteiger partial charge is 0.277 e. The molecule has 17 heavy (non-hydrogen) atoms. The van der Waals surface area contributed by atoms with Crippen molar-refractivity contribution in [1.82, 2.24) is 10.2 Å². The highest BCUT2D eigenvalue weighted by Gasteiger charge is 2.06. The van der Waals surface area contributed by atoms with E-state index in [2.05, 4.69) is 22.3 Å². The molecule has 0 saturated carbocycles. The van der Waals surface area contributed by atoms with E-state index in [9.17, 15) is 0 Å². The number of aromatic nitrogens is 2. The van der Waals surface area contributed by atoms with Crippen molar-refractivity contribution in [3.05, 3.63) is 41.8 Å². The average Bonchev–Trinajstić information content (AvgIpc) is 2.83. The Morgan fingerprint density at radius 1 is 1.18 bits per heavy atom. The standard InChI is InChI=1S/C12H11N3OS/c13-8-9-17-12-15-14-11(16-12)7-6-10-4-2-1-3-5-10/h1-5H,6-7,9H2. The Hall–Kier alpha value is -1.80. The summed E-state index contributed by atoms with van der Waals surface area (Å²) in [6, 6.07) is 12.2. The Labute approximate surface area is 104 Å². The lowest BCUT2D eigenvalue weighted by Crippen LogP contribution is -1.90. The molecule has 0 saturated heterocycles. The summed E-state index contributed by atoms with van der Waals surface area (Å²) in [7, 11) is 0. The molecule has 2 aromatic rings. The van der Waals surface area contributed by atoms with E-state index < -0.39 is 0 Å². The zero-order valence-electron chi connectivity index (χ0n) is 9.17. The highest BCUT2D eigenvalue weighted by atomic mass is 32.2. The van der Waals surface area contributed by atoms with E-state index in [4.69, 9.17) is 9.68 Å². The number of nitriles is 1. The van der Waals surface area contributed by atoms with Crippen molar-refractivity contribution in [3.63, 3.8) is 0 Å². The molecule has 2 rings (SSSR count). The highest BCUT2D eigenvalue weighted by molar-refractivity contribution is 7.99. The van der Waals surface area contributed by atoms with Crippen LogP contribution < -0.4 is 0 Å². The summed E-state index contributed by atoms with van der Waals surface area (Å²) in [6.07, 6.45) is 1.61. The average molecular weight is 245 g/mol. The van der Waals surface area contributed by atoms with Gasteiger partial charge in [-0.1, -0.05) is 42.1 Å². The van der Waals surface area contributed by atoms with Gasteiger partial charge in [-0.2, -0.15) is 5.26 Å². The van der Waals surface area contributed by atoms with Crippen molar-refractivity contribution in [2.45, 2.75) is 18.1 Å². The van der Waals surface area contributed by atoms with Crippen LogP contribution in [0.4, 0.5) is 0 Å². The van der Waals surface area contributed by atoms with Crippen LogP contribution in [0.1, 0.15) is 11.5 Å². The van der Waals surface area contributed by atoms with E-state index in [0.717, 1.165) is 12.8 Å². The van der Waals surface area contributed by atoms with Gasteiger partial charge in [0.15, 0.2) is 0 Å². The van der Waals surface area contributed by atoms with E-state index in [1.54, 1.807) is 0 Å². The Bertz CT molecular complexity index is 504. The molecule has 0 aliphatic rings. The molecule has 0 unspecified atom stereocenters. The largest absolute Gasteiger partial charge is 0.416 e. The van der Waals surface area contributed by atoms with Crippen LogP contribution in [-0.4, -0.2) is 16.0 Å². The third-order valence-corrected chi connectivity index (χ3v) is 2.86. The lowest BCUT2D eigenvalue weighted by molar-refractivity contribution is 0.413. The van der Waals surface area contributed by atoms with Crippen LogP contribution in [0.3, 0.4) is 0 Å². The minimum atomic E-state index is 0.334. The van der Waals surface area contributed by atoms with Crippen molar-refractivity contribution < 1.29 is 4.42 Å². The van der Waals surface area contributed by atoms with E-state index in [1.165, 1.54) is 17.3 Å². The molecule has 1 aromatic carbocycles. The van der Waals surface area contributed by atoms with Gasteiger partial charge in [0.1, 0.15) is 0 Å². The van der Waals surface area contributed by atoms with E-state index >= 15 is 0 Å². The van der Waals surface area contributed by atoms with Crippen molar-refractivity contribution in [2.24, 2.45) is 0 Å². The van der Waals surface area contributed by atoms with Crippen LogP contribution in [0, 0.1) is 11.3 Å². The van der Waals surface area contributed by atoms with Crippen LogP contribution in [0.5, 0.6) is 0 Å². The first kappa shape index (κ1) is 11.7. The number of rotatable bonds is 5. The second-order valence-electron chi connectivity index (χ2n) is 3.39. The van der Waals surface area contributed by atoms with Crippen molar-refractivity contribution >= 4 is 11.8 Å². The van der Waals surface area contributed by atoms with Crippen LogP contribution in [-0.2, 0) is 12.8 Å². The summed E-state index contributed by atoms with van der Waals surface area (Å²) >= 11 is 1.26. The van der Waals surface area contributed by atoms with Gasteiger partial charge < -0.3 is 4.42 Å². The fraction of sp³-hybridized carbons (Fsp3) is 0.250. The molecular weight excluding hydrogens is 234 g/mol. The molecule has 1 heterocycles. The number of thioether (sulfide) groups is 1. The predicted molar refractivity (Wildman–Crippen MR) is 64.5 cm³/mol. The van der Waals surface area contributed by atoms with Gasteiger partial charge in [-0.25, -0.2) is 0 Å². The van der Waals surface area contributed by atoms with Crippen molar-refractivity contribution in [1.29, 1.82) is 5.26 Å². The molecule has 0 fully saturated rings. The number of hydrogen-bond donors (Lipinski definition) is 0. The first-order valence-corrected chi connectivity index (χ1v) is 6.23. The summed E-state index contributed by atoms with van der Waals surface area (Å²) in [4.78, 5) is 0. The first-order chi connectivity index (χ1) is 8.38. The molecule has 1 aromatic heterocycles. The second kappa shape index (κ2) is 6.06. The van der Waals surface area contributed by atoms with Crippen LogP contribution in [0.2, 0.25) is 0 Å². The molecule has 0 spiro atoms. The summed E-state index contributed by atoms with van der Waals surface area (Å²) in [5.41, 5.74) is 1.25. The minimum Gasteiger partial charge on any atom is -0.416 e. The summed E-state index contributed by atoms with van der Waals surface area (Å²) in [5, 5.41) is 16.7. The van der Waals surface area contributed by atoms with Gasteiger partial charge in [-0.3, -0.25) is 0 Å². The third kappa shape index (κ3) is 3.61. The van der Waals surface area contributed by atoms with Gasteiger partial charge >= 0.3 is 0 Å². The second-order valence-corrected chi connectivity index (χ2v) is 4.32. The molecule has 0 atom stereocenters. The van der Waals surface area contributed by atoms with Gasteiger partial charge in [0, 0.05) is 6.42 Å². The van der Waals surface area contributed by atoms with E-state index in [1.807, 2.05) is 24.3 Å². The zero-order valence-corrected chi connectivity index (χ0v) is 9.98. The number of hydrogen-bond acceptors (Lipinski definition) is 5. The lowest BCUT2D eigenvalue weighted by Gasteiger charge is -1.96. The fourth-order valence-electron chi connectivity index (χ4n) is 1.39. The van der Waals surface area contributed by atoms with Crippen molar-refractivity contribution in [2.75, 3.05) is 5.75 Å². The Morgan fingerprint density at radius 3 is 2.76 bits per heavy atom. The number of benzene rings is 1. The predicted octanol–water partition coefficient (Wildman–Crippen LogP) is 2.47. The number of aryl methyl sites for hydroxylation is 2. The van der Waals surface area contributed by atoms with Crippen LogP contribution in [0.25, 0.3) is 0 Å². The zero-order chi connectivity index (χ0) is 11.9. The molecule has 0 bridgehead atoms. The van der Waals surface area contributed by atoms with Gasteiger partial charge in [0.05, 0.1) is 11.8 Å². The topological polar surface area (TPSA) is 62.7 Å². The van der Waals surface area contributed by atoms with Gasteiger partial charge in [-0.15, -0.1) is 10.2 Å². The maximum Gasteiger partial charge on any atom is 0.277 e. The van der Waals surface area contributed by atoms with Crippen LogP contribution in [0.15, 0.2) is 40.0 Å². The molecule has 0 aliphatic heterocycles. The molecule has 5 heteroatoms. The molecule has 0 aliphatic carbocycles. The Balaban J connectivity index is 1.87. The fourth-order valence-corrected chi connectivity index (χ4v) is 1.83. The Kier molecular flexibility index (Phi) is 4.17. The maximum absolute atomic E-state index is 8.43. The van der Waals surface area contributed by atoms with Gasteiger partial charge in [0.2, 0.25) is 5.89 Å². The molecule has 0 radical (unpaired) electrons. The first-order valence-electron chi connectivity index (χ1n) is 5.24. The maximum atomic E-state index is 8.43. The molecule has 0 N–H and O–H groups in total. The molecule has 0 amide bonds. The Morgan fingerprint density at radius 2 is 2.00 bits per heavy atom. The highest BCUT2D eigenvalue weighted by Crippen LogP contribution is 2.16. The van der Waals surface area contributed by atoms with Gasteiger partial charge in [0.25, 0.3) is 5.22 Å². The van der Waals surface area contributed by atoms with Crippen LogP contribution >= 0.6 is 11.8 Å². The summed E-state index contributed by atoms with van der Waals surface area (Å²) in [6.45, 7) is 0. The molecule has 4 nitrogen and oxygen atoms in total. The summed E-state index contributed by atoms with van der Waals surface area (Å²) < 4.78 is 5.40. The monoisotopic (exact) mass is 245 g/mol. The van der Waals surface area contributed by atoms with Gasteiger partial charge in [-0.05, 0) is 12.0 Å². The van der Waals surface area contributed by atoms with E-state index in [-0.39, 0.29) is 0 Å². The normalized spacial score (nSPS) is 10.1. The minimum absolute atomic E-state index is 0.334. The summed E-state index contributed by atoms with van der Waals surface area (Å²) in [5.74, 6) is 0.953. The molecule has 86 valence electrons. The van der Waals surface area contributed by atoms with E-state index in [0.29, 0.717) is 16.9 Å². The molecular formula is C12H11N3OS. The SMILES string of the molecule is N#CCSc1nnc(CCc2ccccc2)o1. The lowest BCUT2D eigenvalue weighted by atomic mass is 10.1.